The van der Waals surface area contributed by atoms with E-state index < -0.39 is 0 Å². The Labute approximate surface area is 105 Å². The van der Waals surface area contributed by atoms with Gasteiger partial charge in [0.2, 0.25) is 5.91 Å². The summed E-state index contributed by atoms with van der Waals surface area (Å²) >= 11 is 0. The molecule has 2 amide bonds. The summed E-state index contributed by atoms with van der Waals surface area (Å²) in [5.41, 5.74) is 10.8. The van der Waals surface area contributed by atoms with Crippen molar-refractivity contribution >= 4 is 17.5 Å². The molecule has 0 radical (unpaired) electrons. The van der Waals surface area contributed by atoms with Crippen LogP contribution in [0.4, 0.5) is 5.69 Å². The van der Waals surface area contributed by atoms with Crippen molar-refractivity contribution in [3.63, 3.8) is 0 Å². The number of phenols is 1. The lowest BCUT2D eigenvalue weighted by atomic mass is 10.1. The number of aromatic hydroxyl groups is 1. The van der Waals surface area contributed by atoms with Crippen LogP contribution in [-0.2, 0) is 4.79 Å². The molecule has 0 unspecified atom stereocenters. The molecule has 0 aromatic heterocycles. The van der Waals surface area contributed by atoms with Crippen molar-refractivity contribution in [1.29, 1.82) is 0 Å². The van der Waals surface area contributed by atoms with Crippen LogP contribution in [-0.4, -0.2) is 23.5 Å². The van der Waals surface area contributed by atoms with Gasteiger partial charge in [-0.1, -0.05) is 6.07 Å². The first-order valence-corrected chi connectivity index (χ1v) is 5.66. The number of phenolic OH excluding ortho intramolecular Hbond substituents is 1. The fraction of sp³-hybridized carbons (Fsp3) is 0.333. The molecule has 0 atom stereocenters. The largest absolute Gasteiger partial charge is 0.505 e. The highest BCUT2D eigenvalue weighted by Gasteiger charge is 2.11. The number of primary amides is 1. The number of nitrogens with one attached hydrogen (secondary N) is 1. The van der Waals surface area contributed by atoms with Crippen LogP contribution in [0.3, 0.4) is 0 Å². The molecule has 6 heteroatoms. The van der Waals surface area contributed by atoms with E-state index in [1.54, 1.807) is 6.07 Å². The fourth-order valence-corrected chi connectivity index (χ4v) is 1.47. The van der Waals surface area contributed by atoms with Gasteiger partial charge in [-0.2, -0.15) is 0 Å². The first-order chi connectivity index (χ1) is 8.52. The number of hydrogen-bond donors (Lipinski definition) is 4. The van der Waals surface area contributed by atoms with Crippen LogP contribution in [0.5, 0.6) is 5.75 Å². The lowest BCUT2D eigenvalue weighted by Gasteiger charge is -2.07. The average Bonchev–Trinajstić information content (AvgIpc) is 2.31. The molecule has 6 N–H and O–H groups in total. The summed E-state index contributed by atoms with van der Waals surface area (Å²) in [6, 6.07) is 4.60. The normalized spacial score (nSPS) is 10.0. The molecule has 0 fully saturated rings. The van der Waals surface area contributed by atoms with E-state index in [2.05, 4.69) is 5.32 Å². The minimum absolute atomic E-state index is 0.143. The van der Waals surface area contributed by atoms with E-state index in [1.807, 2.05) is 0 Å². The summed E-state index contributed by atoms with van der Waals surface area (Å²) in [4.78, 5) is 22.2. The van der Waals surface area contributed by atoms with Crippen molar-refractivity contribution < 1.29 is 14.7 Å². The van der Waals surface area contributed by atoms with Crippen LogP contribution in [0.15, 0.2) is 18.2 Å². The van der Waals surface area contributed by atoms with Gasteiger partial charge in [0.25, 0.3) is 5.91 Å². The minimum atomic E-state index is -0.390. The smallest absolute Gasteiger partial charge is 0.255 e. The highest BCUT2D eigenvalue weighted by molar-refractivity contribution is 5.98. The predicted octanol–water partition coefficient (Wildman–Crippen LogP) is 0.360. The number of amides is 2. The second-order valence-electron chi connectivity index (χ2n) is 3.92. The molecule has 0 aliphatic carbocycles. The monoisotopic (exact) mass is 251 g/mol. The zero-order chi connectivity index (χ0) is 13.5. The van der Waals surface area contributed by atoms with Crippen LogP contribution in [0, 0.1) is 0 Å². The Kier molecular flexibility index (Phi) is 4.98. The van der Waals surface area contributed by atoms with E-state index in [9.17, 15) is 14.7 Å². The zero-order valence-corrected chi connectivity index (χ0v) is 9.98. The van der Waals surface area contributed by atoms with Crippen LogP contribution in [0.2, 0.25) is 0 Å². The number of hydrogen-bond acceptors (Lipinski definition) is 4. The molecule has 0 saturated carbocycles. The van der Waals surface area contributed by atoms with Gasteiger partial charge < -0.3 is 21.9 Å². The van der Waals surface area contributed by atoms with Crippen molar-refractivity contribution in [1.82, 2.24) is 5.32 Å². The summed E-state index contributed by atoms with van der Waals surface area (Å²) in [6.07, 6.45) is 1.58. The Morgan fingerprint density at radius 3 is 2.67 bits per heavy atom. The summed E-state index contributed by atoms with van der Waals surface area (Å²) < 4.78 is 0. The van der Waals surface area contributed by atoms with Gasteiger partial charge in [0.05, 0.1) is 11.3 Å². The van der Waals surface area contributed by atoms with Gasteiger partial charge in [-0.3, -0.25) is 9.59 Å². The van der Waals surface area contributed by atoms with Gasteiger partial charge in [-0.15, -0.1) is 0 Å². The maximum Gasteiger partial charge on any atom is 0.255 e. The van der Waals surface area contributed by atoms with E-state index in [0.29, 0.717) is 25.8 Å². The Morgan fingerprint density at radius 1 is 1.28 bits per heavy atom. The van der Waals surface area contributed by atoms with Gasteiger partial charge in [-0.25, -0.2) is 0 Å². The van der Waals surface area contributed by atoms with Gasteiger partial charge in [0.1, 0.15) is 0 Å². The molecule has 0 saturated heterocycles. The average molecular weight is 251 g/mol. The summed E-state index contributed by atoms with van der Waals surface area (Å²) in [5, 5.41) is 12.2. The highest BCUT2D eigenvalue weighted by atomic mass is 16.3. The number of carbonyl (C=O) groups excluding carboxylic acids is 2. The van der Waals surface area contributed by atoms with E-state index in [4.69, 9.17) is 11.5 Å². The Balaban J connectivity index is 2.41. The third kappa shape index (κ3) is 3.97. The van der Waals surface area contributed by atoms with Crippen LogP contribution >= 0.6 is 0 Å². The Bertz CT molecular complexity index is 446. The molecule has 18 heavy (non-hydrogen) atoms. The Hall–Kier alpha value is -2.24. The zero-order valence-electron chi connectivity index (χ0n) is 9.98. The number of nitrogens with two attached hydrogens (primary N) is 2. The lowest BCUT2D eigenvalue weighted by molar-refractivity contribution is -0.118. The molecule has 98 valence electrons. The number of rotatable bonds is 6. The minimum Gasteiger partial charge on any atom is -0.505 e. The Morgan fingerprint density at radius 2 is 2.00 bits per heavy atom. The lowest BCUT2D eigenvalue weighted by Crippen LogP contribution is -2.25. The third-order valence-corrected chi connectivity index (χ3v) is 2.45. The quantitative estimate of drug-likeness (QED) is 0.331. The molecule has 1 aromatic carbocycles. The highest BCUT2D eigenvalue weighted by Crippen LogP contribution is 2.23. The first-order valence-electron chi connectivity index (χ1n) is 5.66. The summed E-state index contributed by atoms with van der Waals surface area (Å²) in [6.45, 7) is 0.417. The number of nitrogen functional groups attached to an aromatic ring is 1. The SMILES string of the molecule is NC(=O)CCCCNC(=O)c1cccc(N)c1O. The van der Waals surface area contributed by atoms with E-state index >= 15 is 0 Å². The molecule has 0 heterocycles. The van der Waals surface area contributed by atoms with Crippen LogP contribution < -0.4 is 16.8 Å². The predicted molar refractivity (Wildman–Crippen MR) is 67.9 cm³/mol. The number of carbonyl (C=O) groups is 2. The first kappa shape index (κ1) is 13.8. The van der Waals surface area contributed by atoms with E-state index in [1.165, 1.54) is 12.1 Å². The maximum absolute atomic E-state index is 11.7. The molecule has 0 aliphatic rings. The summed E-state index contributed by atoms with van der Waals surface area (Å²) in [7, 11) is 0. The number of para-hydroxylation sites is 1. The topological polar surface area (TPSA) is 118 Å². The molecular weight excluding hydrogens is 234 g/mol. The van der Waals surface area contributed by atoms with Crippen LogP contribution in [0.25, 0.3) is 0 Å². The van der Waals surface area contributed by atoms with Crippen molar-refractivity contribution in [2.75, 3.05) is 12.3 Å². The maximum atomic E-state index is 11.7. The van der Waals surface area contributed by atoms with Gasteiger partial charge in [0, 0.05) is 13.0 Å². The van der Waals surface area contributed by atoms with Gasteiger partial charge >= 0.3 is 0 Å². The molecular formula is C12H17N3O3. The second-order valence-corrected chi connectivity index (χ2v) is 3.92. The molecule has 0 aliphatic heterocycles. The molecule has 0 spiro atoms. The fourth-order valence-electron chi connectivity index (χ4n) is 1.47. The number of benzene rings is 1. The van der Waals surface area contributed by atoms with Crippen molar-refractivity contribution in [2.45, 2.75) is 19.3 Å². The van der Waals surface area contributed by atoms with Crippen LogP contribution in [0.1, 0.15) is 29.6 Å². The van der Waals surface area contributed by atoms with Crippen molar-refractivity contribution in [3.8, 4) is 5.75 Å². The second kappa shape index (κ2) is 6.48. The van der Waals surface area contributed by atoms with Gasteiger partial charge in [-0.05, 0) is 25.0 Å². The van der Waals surface area contributed by atoms with Gasteiger partial charge in [0.15, 0.2) is 5.75 Å². The van der Waals surface area contributed by atoms with E-state index in [-0.39, 0.29) is 28.8 Å². The number of unbranched alkanes of at least 4 members (excludes halogenated alkanes) is 1. The molecule has 1 aromatic rings. The molecule has 6 nitrogen and oxygen atoms in total. The third-order valence-electron chi connectivity index (χ3n) is 2.45. The standard InChI is InChI=1S/C12H17N3O3/c13-9-5-3-4-8(11(9)17)12(18)15-7-2-1-6-10(14)16/h3-5,17H,1-2,6-7,13H2,(H2,14,16)(H,15,18). The van der Waals surface area contributed by atoms with Crippen molar-refractivity contribution in [2.24, 2.45) is 5.73 Å². The molecule has 0 bridgehead atoms. The molecule has 1 rings (SSSR count). The number of anilines is 1. The van der Waals surface area contributed by atoms with Crippen molar-refractivity contribution in [3.05, 3.63) is 23.8 Å². The van der Waals surface area contributed by atoms with E-state index in [0.717, 1.165) is 0 Å². The summed E-state index contributed by atoms with van der Waals surface area (Å²) in [5.74, 6) is -0.958.